The number of carbonyl (C=O) groups excluding carboxylic acids is 1. The second-order valence-electron chi connectivity index (χ2n) is 3.40. The third kappa shape index (κ3) is 2.79. The van der Waals surface area contributed by atoms with E-state index in [2.05, 4.69) is 10.2 Å². The molecule has 0 N–H and O–H groups in total. The van der Waals surface area contributed by atoms with Gasteiger partial charge in [-0.3, -0.25) is 4.79 Å². The van der Waals surface area contributed by atoms with Crippen molar-refractivity contribution in [3.05, 3.63) is 11.9 Å². The molecule has 0 saturated carbocycles. The normalized spacial score (nSPS) is 21.5. The predicted octanol–water partition coefficient (Wildman–Crippen LogP) is 0.0587. The Morgan fingerprint density at radius 1 is 1.80 bits per heavy atom. The van der Waals surface area contributed by atoms with Crippen molar-refractivity contribution in [2.75, 3.05) is 18.1 Å². The van der Waals surface area contributed by atoms with E-state index in [0.717, 1.165) is 11.5 Å². The Balaban J connectivity index is 1.91. The van der Waals surface area contributed by atoms with E-state index >= 15 is 0 Å². The number of thioether (sulfide) groups is 1. The summed E-state index contributed by atoms with van der Waals surface area (Å²) in [6, 6.07) is 0. The van der Waals surface area contributed by atoms with E-state index in [1.165, 1.54) is 4.80 Å². The van der Waals surface area contributed by atoms with E-state index in [0.29, 0.717) is 18.7 Å². The van der Waals surface area contributed by atoms with Crippen LogP contribution in [0.15, 0.2) is 6.20 Å². The number of rotatable bonds is 3. The number of ether oxygens (including phenoxy) is 1. The van der Waals surface area contributed by atoms with Crippen molar-refractivity contribution in [1.82, 2.24) is 15.0 Å². The molecule has 1 aliphatic heterocycles. The average Bonchev–Trinajstić information content (AvgIpc) is 2.65. The molecule has 82 valence electrons. The molecule has 6 heteroatoms. The van der Waals surface area contributed by atoms with Gasteiger partial charge in [0.15, 0.2) is 5.78 Å². The van der Waals surface area contributed by atoms with Crippen LogP contribution in [0.2, 0.25) is 0 Å². The number of ketones is 1. The molecule has 1 saturated heterocycles. The molecule has 15 heavy (non-hydrogen) atoms. The first kappa shape index (κ1) is 10.6. The summed E-state index contributed by atoms with van der Waals surface area (Å²) in [7, 11) is 1.74. The highest BCUT2D eigenvalue weighted by Crippen LogP contribution is 2.14. The van der Waals surface area contributed by atoms with Gasteiger partial charge in [0.05, 0.1) is 24.9 Å². The van der Waals surface area contributed by atoms with Crippen LogP contribution < -0.4 is 0 Å². The predicted molar refractivity (Wildman–Crippen MR) is 56.8 cm³/mol. The Bertz CT molecular complexity index is 347. The van der Waals surface area contributed by atoms with Crippen LogP contribution in [0.25, 0.3) is 0 Å². The van der Waals surface area contributed by atoms with Gasteiger partial charge in [-0.05, 0) is 0 Å². The molecule has 1 aromatic rings. The van der Waals surface area contributed by atoms with Gasteiger partial charge in [0.25, 0.3) is 0 Å². The van der Waals surface area contributed by atoms with Crippen molar-refractivity contribution in [2.24, 2.45) is 7.05 Å². The molecule has 0 spiro atoms. The lowest BCUT2D eigenvalue weighted by atomic mass is 10.1. The largest absolute Gasteiger partial charge is 0.369 e. The van der Waals surface area contributed by atoms with E-state index in [1.807, 2.05) is 0 Å². The summed E-state index contributed by atoms with van der Waals surface area (Å²) in [5.41, 5.74) is 0.710. The van der Waals surface area contributed by atoms with E-state index in [1.54, 1.807) is 25.0 Å². The molecule has 0 radical (unpaired) electrons. The van der Waals surface area contributed by atoms with Crippen LogP contribution in [0.5, 0.6) is 0 Å². The highest BCUT2D eigenvalue weighted by Gasteiger charge is 2.22. The lowest BCUT2D eigenvalue weighted by Crippen LogP contribution is -2.32. The van der Waals surface area contributed by atoms with Gasteiger partial charge in [-0.1, -0.05) is 0 Å². The lowest BCUT2D eigenvalue weighted by Gasteiger charge is -2.20. The maximum Gasteiger partial charge on any atom is 0.168 e. The minimum Gasteiger partial charge on any atom is -0.369 e. The van der Waals surface area contributed by atoms with E-state index in [9.17, 15) is 4.79 Å². The number of hydrogen-bond donors (Lipinski definition) is 0. The molecule has 0 amide bonds. The van der Waals surface area contributed by atoms with Crippen LogP contribution in [-0.4, -0.2) is 45.0 Å². The SMILES string of the molecule is Cn1ncc(CC(=O)C2CSCCO2)n1. The number of carbonyl (C=O) groups is 1. The number of aromatic nitrogens is 3. The molecule has 1 fully saturated rings. The maximum absolute atomic E-state index is 11.8. The quantitative estimate of drug-likeness (QED) is 0.730. The topological polar surface area (TPSA) is 57.0 Å². The molecule has 1 unspecified atom stereocenters. The number of hydrogen-bond acceptors (Lipinski definition) is 5. The Kier molecular flexibility index (Phi) is 3.37. The Hall–Kier alpha value is -0.880. The van der Waals surface area contributed by atoms with Gasteiger partial charge in [0.1, 0.15) is 6.10 Å². The Labute approximate surface area is 92.2 Å². The summed E-state index contributed by atoms with van der Waals surface area (Å²) in [6.07, 6.45) is 1.68. The second-order valence-corrected chi connectivity index (χ2v) is 4.55. The van der Waals surface area contributed by atoms with E-state index in [4.69, 9.17) is 4.74 Å². The van der Waals surface area contributed by atoms with Gasteiger partial charge < -0.3 is 4.74 Å². The molecule has 1 atom stereocenters. The van der Waals surface area contributed by atoms with Gasteiger partial charge >= 0.3 is 0 Å². The first-order valence-corrected chi connectivity index (χ1v) is 5.98. The maximum atomic E-state index is 11.8. The van der Waals surface area contributed by atoms with Crippen molar-refractivity contribution >= 4 is 17.5 Å². The Morgan fingerprint density at radius 3 is 3.27 bits per heavy atom. The zero-order chi connectivity index (χ0) is 10.7. The number of Topliss-reactive ketones (excluding diaryl/α,β-unsaturated/α-hetero) is 1. The number of nitrogens with zero attached hydrogens (tertiary/aromatic N) is 3. The monoisotopic (exact) mass is 227 g/mol. The Morgan fingerprint density at radius 2 is 2.67 bits per heavy atom. The van der Waals surface area contributed by atoms with Crippen molar-refractivity contribution in [1.29, 1.82) is 0 Å². The van der Waals surface area contributed by atoms with Crippen molar-refractivity contribution in [3.63, 3.8) is 0 Å². The average molecular weight is 227 g/mol. The van der Waals surface area contributed by atoms with Crippen LogP contribution in [0, 0.1) is 0 Å². The van der Waals surface area contributed by atoms with Gasteiger partial charge in [0, 0.05) is 18.6 Å². The minimum atomic E-state index is -0.259. The molecule has 1 aliphatic rings. The van der Waals surface area contributed by atoms with Gasteiger partial charge in [-0.25, -0.2) is 0 Å². The van der Waals surface area contributed by atoms with E-state index < -0.39 is 0 Å². The fourth-order valence-corrected chi connectivity index (χ4v) is 2.31. The molecule has 0 aromatic carbocycles. The first-order chi connectivity index (χ1) is 7.25. The van der Waals surface area contributed by atoms with Crippen LogP contribution in [-0.2, 0) is 23.0 Å². The van der Waals surface area contributed by atoms with Crippen molar-refractivity contribution in [2.45, 2.75) is 12.5 Å². The highest BCUT2D eigenvalue weighted by atomic mass is 32.2. The van der Waals surface area contributed by atoms with Gasteiger partial charge in [0.2, 0.25) is 0 Å². The standard InChI is InChI=1S/C9H13N3O2S/c1-12-10-5-7(11-12)4-8(13)9-6-15-3-2-14-9/h5,9H,2-4,6H2,1H3. The summed E-state index contributed by atoms with van der Waals surface area (Å²) in [5.74, 6) is 1.84. The van der Waals surface area contributed by atoms with Crippen molar-refractivity contribution in [3.8, 4) is 0 Å². The van der Waals surface area contributed by atoms with Crippen LogP contribution in [0.3, 0.4) is 0 Å². The summed E-state index contributed by atoms with van der Waals surface area (Å²) in [4.78, 5) is 13.2. The summed E-state index contributed by atoms with van der Waals surface area (Å²) in [5, 5.41) is 7.99. The molecule has 0 bridgehead atoms. The van der Waals surface area contributed by atoms with Gasteiger partial charge in [-0.15, -0.1) is 0 Å². The molecule has 2 heterocycles. The first-order valence-electron chi connectivity index (χ1n) is 4.83. The minimum absolute atomic E-state index is 0.0997. The fraction of sp³-hybridized carbons (Fsp3) is 0.667. The number of aryl methyl sites for hydroxylation is 1. The molecule has 5 nitrogen and oxygen atoms in total. The zero-order valence-electron chi connectivity index (χ0n) is 8.55. The molecule has 0 aliphatic carbocycles. The molecular formula is C9H13N3O2S. The third-order valence-electron chi connectivity index (χ3n) is 2.18. The van der Waals surface area contributed by atoms with E-state index in [-0.39, 0.29) is 11.9 Å². The van der Waals surface area contributed by atoms with Crippen LogP contribution >= 0.6 is 11.8 Å². The molecular weight excluding hydrogens is 214 g/mol. The smallest absolute Gasteiger partial charge is 0.168 e. The second kappa shape index (κ2) is 4.76. The lowest BCUT2D eigenvalue weighted by molar-refractivity contribution is -0.128. The summed E-state index contributed by atoms with van der Waals surface area (Å²) >= 11 is 1.76. The van der Waals surface area contributed by atoms with Crippen molar-refractivity contribution < 1.29 is 9.53 Å². The summed E-state index contributed by atoms with van der Waals surface area (Å²) in [6.45, 7) is 0.668. The van der Waals surface area contributed by atoms with Gasteiger partial charge in [-0.2, -0.15) is 26.8 Å². The fourth-order valence-electron chi connectivity index (χ4n) is 1.43. The third-order valence-corrected chi connectivity index (χ3v) is 3.17. The highest BCUT2D eigenvalue weighted by molar-refractivity contribution is 7.99. The zero-order valence-corrected chi connectivity index (χ0v) is 9.37. The molecule has 1 aromatic heterocycles. The van der Waals surface area contributed by atoms with Crippen LogP contribution in [0.4, 0.5) is 0 Å². The van der Waals surface area contributed by atoms with Crippen LogP contribution in [0.1, 0.15) is 5.69 Å². The molecule has 2 rings (SSSR count). The summed E-state index contributed by atoms with van der Waals surface area (Å²) < 4.78 is 5.39.